The van der Waals surface area contributed by atoms with Crippen molar-refractivity contribution in [3.8, 4) is 11.4 Å². The fourth-order valence-corrected chi connectivity index (χ4v) is 3.31. The number of furan rings is 1. The van der Waals surface area contributed by atoms with Gasteiger partial charge in [0, 0.05) is 10.9 Å². The van der Waals surface area contributed by atoms with E-state index in [1.54, 1.807) is 0 Å². The van der Waals surface area contributed by atoms with Crippen LogP contribution in [0, 0.1) is 0 Å². The van der Waals surface area contributed by atoms with Gasteiger partial charge in [-0.15, -0.1) is 0 Å². The second kappa shape index (κ2) is 5.05. The van der Waals surface area contributed by atoms with Crippen LogP contribution in [0.5, 0.6) is 0 Å². The third kappa shape index (κ3) is 1.92. The van der Waals surface area contributed by atoms with E-state index in [1.807, 2.05) is 48.5 Å². The van der Waals surface area contributed by atoms with Crippen molar-refractivity contribution in [2.24, 2.45) is 0 Å². The van der Waals surface area contributed by atoms with Crippen molar-refractivity contribution >= 4 is 44.4 Å². The van der Waals surface area contributed by atoms with E-state index in [2.05, 4.69) is 23.2 Å². The number of rotatable bonds is 1. The third-order valence-electron chi connectivity index (χ3n) is 4.21. The minimum atomic E-state index is 0.333. The Morgan fingerprint density at radius 2 is 1.50 bits per heavy atom. The van der Waals surface area contributed by atoms with Gasteiger partial charge < -0.3 is 4.42 Å². The van der Waals surface area contributed by atoms with Gasteiger partial charge in [-0.2, -0.15) is 0 Å². The highest BCUT2D eigenvalue weighted by Crippen LogP contribution is 2.34. The molecular formula is C20H11ClN2O. The highest BCUT2D eigenvalue weighted by molar-refractivity contribution is 6.34. The summed E-state index contributed by atoms with van der Waals surface area (Å²) >= 11 is 6.39. The number of aromatic nitrogens is 2. The van der Waals surface area contributed by atoms with Crippen LogP contribution in [0.1, 0.15) is 0 Å². The molecule has 3 aromatic carbocycles. The maximum atomic E-state index is 6.39. The van der Waals surface area contributed by atoms with Crippen molar-refractivity contribution in [2.45, 2.75) is 0 Å². The highest BCUT2D eigenvalue weighted by atomic mass is 35.5. The molecule has 0 spiro atoms. The zero-order valence-corrected chi connectivity index (χ0v) is 13.3. The molecule has 4 heteroatoms. The van der Waals surface area contributed by atoms with E-state index >= 15 is 0 Å². The molecule has 0 unspecified atom stereocenters. The highest BCUT2D eigenvalue weighted by Gasteiger charge is 2.16. The molecule has 0 aliphatic carbocycles. The normalized spacial score (nSPS) is 11.5. The second-order valence-electron chi connectivity index (χ2n) is 5.64. The second-order valence-corrected chi connectivity index (χ2v) is 6.00. The summed E-state index contributed by atoms with van der Waals surface area (Å²) in [5.41, 5.74) is 3.00. The van der Waals surface area contributed by atoms with E-state index in [1.165, 1.54) is 0 Å². The quantitative estimate of drug-likeness (QED) is 0.362. The van der Waals surface area contributed by atoms with Gasteiger partial charge in [0.1, 0.15) is 11.1 Å². The average molecular weight is 331 g/mol. The third-order valence-corrected chi connectivity index (χ3v) is 4.47. The smallest absolute Gasteiger partial charge is 0.191 e. The van der Waals surface area contributed by atoms with Crippen molar-refractivity contribution in [3.05, 3.63) is 71.9 Å². The molecule has 24 heavy (non-hydrogen) atoms. The topological polar surface area (TPSA) is 38.9 Å². The number of hydrogen-bond donors (Lipinski definition) is 0. The Balaban J connectivity index is 1.88. The monoisotopic (exact) mass is 330 g/mol. The average Bonchev–Trinajstić information content (AvgIpc) is 3.01. The number of benzene rings is 3. The van der Waals surface area contributed by atoms with E-state index in [0.717, 1.165) is 32.8 Å². The van der Waals surface area contributed by atoms with Crippen molar-refractivity contribution in [3.63, 3.8) is 0 Å². The Morgan fingerprint density at radius 1 is 0.750 bits per heavy atom. The summed E-state index contributed by atoms with van der Waals surface area (Å²) in [6, 6.07) is 22.1. The fraction of sp³-hybridized carbons (Fsp3) is 0. The van der Waals surface area contributed by atoms with Gasteiger partial charge in [-0.25, -0.2) is 9.97 Å². The van der Waals surface area contributed by atoms with Crippen LogP contribution in [0.2, 0.25) is 5.15 Å². The van der Waals surface area contributed by atoms with Crippen molar-refractivity contribution in [1.29, 1.82) is 0 Å². The Hall–Kier alpha value is -2.91. The van der Waals surface area contributed by atoms with Crippen molar-refractivity contribution in [2.75, 3.05) is 0 Å². The lowest BCUT2D eigenvalue weighted by atomic mass is 10.0. The first kappa shape index (κ1) is 13.5. The van der Waals surface area contributed by atoms with E-state index in [4.69, 9.17) is 21.0 Å². The summed E-state index contributed by atoms with van der Waals surface area (Å²) < 4.78 is 5.80. The van der Waals surface area contributed by atoms with Crippen LogP contribution in [-0.2, 0) is 0 Å². The largest absolute Gasteiger partial charge is 0.451 e. The first-order valence-electron chi connectivity index (χ1n) is 7.64. The molecule has 0 amide bonds. The van der Waals surface area contributed by atoms with Crippen LogP contribution in [0.4, 0.5) is 0 Å². The SMILES string of the molecule is Clc1nc(-c2cccc3ccccc23)nc2c1oc1ccccc12. The summed E-state index contributed by atoms with van der Waals surface area (Å²) in [6.07, 6.45) is 0. The van der Waals surface area contributed by atoms with E-state index in [9.17, 15) is 0 Å². The molecule has 0 N–H and O–H groups in total. The minimum absolute atomic E-state index is 0.333. The first-order chi connectivity index (χ1) is 11.8. The van der Waals surface area contributed by atoms with E-state index in [-0.39, 0.29) is 0 Å². The fourth-order valence-electron chi connectivity index (χ4n) is 3.10. The molecule has 2 aromatic heterocycles. The number of hydrogen-bond acceptors (Lipinski definition) is 3. The Bertz CT molecular complexity index is 1220. The zero-order valence-electron chi connectivity index (χ0n) is 12.5. The number of halogens is 1. The maximum Gasteiger partial charge on any atom is 0.191 e. The minimum Gasteiger partial charge on any atom is -0.451 e. The standard InChI is InChI=1S/C20H11ClN2O/c21-19-18-17(15-9-3-4-11-16(15)24-18)22-20(23-19)14-10-5-7-12-6-1-2-8-13(12)14/h1-11H. The molecule has 0 aliphatic heterocycles. The maximum absolute atomic E-state index is 6.39. The summed E-state index contributed by atoms with van der Waals surface area (Å²) in [5, 5.41) is 3.52. The summed E-state index contributed by atoms with van der Waals surface area (Å²) in [7, 11) is 0. The van der Waals surface area contributed by atoms with Gasteiger partial charge in [-0.1, -0.05) is 66.2 Å². The van der Waals surface area contributed by atoms with Crippen molar-refractivity contribution in [1.82, 2.24) is 9.97 Å². The molecule has 0 saturated heterocycles. The summed E-state index contributed by atoms with van der Waals surface area (Å²) in [6.45, 7) is 0. The van der Waals surface area contributed by atoms with Crippen LogP contribution in [-0.4, -0.2) is 9.97 Å². The van der Waals surface area contributed by atoms with Crippen LogP contribution in [0.15, 0.2) is 71.1 Å². The first-order valence-corrected chi connectivity index (χ1v) is 8.02. The molecule has 3 nitrogen and oxygen atoms in total. The number of fused-ring (bicyclic) bond motifs is 4. The molecule has 5 rings (SSSR count). The Labute approximate surface area is 142 Å². The Morgan fingerprint density at radius 3 is 2.42 bits per heavy atom. The van der Waals surface area contributed by atoms with Gasteiger partial charge in [0.25, 0.3) is 0 Å². The number of nitrogens with zero attached hydrogens (tertiary/aromatic N) is 2. The van der Waals surface area contributed by atoms with Gasteiger partial charge in [0.2, 0.25) is 0 Å². The molecule has 0 fully saturated rings. The Kier molecular flexibility index (Phi) is 2.84. The van der Waals surface area contributed by atoms with Gasteiger partial charge in [0.15, 0.2) is 16.6 Å². The number of para-hydroxylation sites is 1. The van der Waals surface area contributed by atoms with Gasteiger partial charge in [-0.05, 0) is 22.9 Å². The lowest BCUT2D eigenvalue weighted by molar-refractivity contribution is 0.666. The van der Waals surface area contributed by atoms with Crippen LogP contribution in [0.25, 0.3) is 44.2 Å². The lowest BCUT2D eigenvalue weighted by Gasteiger charge is -2.06. The molecule has 0 saturated carbocycles. The molecule has 0 radical (unpaired) electrons. The van der Waals surface area contributed by atoms with Gasteiger partial charge in [0.05, 0.1) is 0 Å². The van der Waals surface area contributed by atoms with Crippen LogP contribution >= 0.6 is 11.6 Å². The van der Waals surface area contributed by atoms with Gasteiger partial charge >= 0.3 is 0 Å². The van der Waals surface area contributed by atoms with Gasteiger partial charge in [-0.3, -0.25) is 0 Å². The van der Waals surface area contributed by atoms with E-state index < -0.39 is 0 Å². The molecular weight excluding hydrogens is 320 g/mol. The lowest BCUT2D eigenvalue weighted by Crippen LogP contribution is -1.91. The summed E-state index contributed by atoms with van der Waals surface area (Å²) in [5.74, 6) is 0.607. The predicted octanol–water partition coefficient (Wildman–Crippen LogP) is 5.85. The zero-order chi connectivity index (χ0) is 16.1. The molecule has 0 aliphatic rings. The predicted molar refractivity (Wildman–Crippen MR) is 97.3 cm³/mol. The van der Waals surface area contributed by atoms with E-state index in [0.29, 0.717) is 16.6 Å². The molecule has 114 valence electrons. The van der Waals surface area contributed by atoms with Crippen LogP contribution < -0.4 is 0 Å². The molecule has 5 aromatic rings. The molecule has 0 atom stereocenters. The molecule has 2 heterocycles. The van der Waals surface area contributed by atoms with Crippen LogP contribution in [0.3, 0.4) is 0 Å². The summed E-state index contributed by atoms with van der Waals surface area (Å²) in [4.78, 5) is 9.23. The molecule has 0 bridgehead atoms. The van der Waals surface area contributed by atoms with Crippen molar-refractivity contribution < 1.29 is 4.42 Å².